The molecule has 0 bridgehead atoms. The molecule has 0 aliphatic rings. The summed E-state index contributed by atoms with van der Waals surface area (Å²) in [6.45, 7) is 0. The van der Waals surface area contributed by atoms with Crippen molar-refractivity contribution in [2.24, 2.45) is 0 Å². The summed E-state index contributed by atoms with van der Waals surface area (Å²) in [5.41, 5.74) is 0. The predicted octanol–water partition coefficient (Wildman–Crippen LogP) is 1.47. The Morgan fingerprint density at radius 2 is 2.57 bits per heavy atom. The zero-order valence-electron chi connectivity index (χ0n) is 3.19. The summed E-state index contributed by atoms with van der Waals surface area (Å²) < 4.78 is 15.9. The van der Waals surface area contributed by atoms with Gasteiger partial charge in [-0.2, -0.15) is 4.39 Å². The summed E-state index contributed by atoms with van der Waals surface area (Å²) in [4.78, 5) is 0. The zero-order chi connectivity index (χ0) is 5.28. The number of rotatable bonds is 0. The minimum Gasteiger partial charge on any atom is -0.360 e. The van der Waals surface area contributed by atoms with Crippen molar-refractivity contribution in [2.75, 3.05) is 0 Å². The topological polar surface area (TPSA) is 26.0 Å². The Labute approximate surface area is 43.9 Å². The van der Waals surface area contributed by atoms with Crippen LogP contribution < -0.4 is 0 Å². The molecule has 0 fully saturated rings. The van der Waals surface area contributed by atoms with Crippen molar-refractivity contribution < 1.29 is 8.91 Å². The molecule has 0 aliphatic carbocycles. The van der Waals surface area contributed by atoms with E-state index in [2.05, 4.69) is 9.68 Å². The van der Waals surface area contributed by atoms with Gasteiger partial charge in [0, 0.05) is 0 Å². The fourth-order valence-corrected chi connectivity index (χ4v) is 0.296. The van der Waals surface area contributed by atoms with Crippen molar-refractivity contribution in [3.05, 3.63) is 17.2 Å². The van der Waals surface area contributed by atoms with Crippen LogP contribution in [0.2, 0.25) is 5.15 Å². The van der Waals surface area contributed by atoms with Gasteiger partial charge in [-0.25, -0.2) is 0 Å². The molecule has 0 N–H and O–H groups in total. The maximum Gasteiger partial charge on any atom is 0.208 e. The van der Waals surface area contributed by atoms with Gasteiger partial charge in [-0.15, -0.1) is 0 Å². The van der Waals surface area contributed by atoms with Crippen LogP contribution in [0.5, 0.6) is 0 Å². The van der Waals surface area contributed by atoms with Crippen LogP contribution in [0.1, 0.15) is 0 Å². The normalized spacial score (nSPS) is 9.43. The molecule has 1 aromatic heterocycles. The quantitative estimate of drug-likeness (QED) is 0.520. The molecule has 0 aromatic carbocycles. The van der Waals surface area contributed by atoms with Gasteiger partial charge in [0.1, 0.15) is 0 Å². The highest BCUT2D eigenvalue weighted by Gasteiger charge is 1.99. The van der Waals surface area contributed by atoms with E-state index in [1.54, 1.807) is 0 Å². The first-order valence-electron chi connectivity index (χ1n) is 1.56. The van der Waals surface area contributed by atoms with Crippen molar-refractivity contribution in [2.45, 2.75) is 0 Å². The first-order chi connectivity index (χ1) is 3.30. The molecule has 1 aromatic rings. The molecule has 0 aliphatic heterocycles. The van der Waals surface area contributed by atoms with E-state index in [-0.39, 0.29) is 5.15 Å². The van der Waals surface area contributed by atoms with Crippen LogP contribution in [0.3, 0.4) is 0 Å². The standard InChI is InChI=1S/C3HClFNO/c4-3-2(5)1-7-6-3/h1H. The summed E-state index contributed by atoms with van der Waals surface area (Å²) in [6.07, 6.45) is 0.836. The second-order valence-corrected chi connectivity index (χ2v) is 1.31. The summed E-state index contributed by atoms with van der Waals surface area (Å²) in [6, 6.07) is 0. The van der Waals surface area contributed by atoms with Gasteiger partial charge in [-0.1, -0.05) is 16.8 Å². The minimum absolute atomic E-state index is 0.222. The number of hydrogen-bond donors (Lipinski definition) is 0. The maximum absolute atomic E-state index is 11.8. The van der Waals surface area contributed by atoms with Crippen molar-refractivity contribution in [3.63, 3.8) is 0 Å². The van der Waals surface area contributed by atoms with Crippen LogP contribution in [0, 0.1) is 5.82 Å². The number of hydrogen-bond acceptors (Lipinski definition) is 2. The smallest absolute Gasteiger partial charge is 0.208 e. The van der Waals surface area contributed by atoms with E-state index in [4.69, 9.17) is 11.6 Å². The Bertz CT molecular complexity index is 147. The molecule has 7 heavy (non-hydrogen) atoms. The van der Waals surface area contributed by atoms with E-state index in [1.807, 2.05) is 0 Å². The summed E-state index contributed by atoms with van der Waals surface area (Å²) in [5.74, 6) is -0.623. The minimum atomic E-state index is -0.623. The van der Waals surface area contributed by atoms with Gasteiger partial charge in [0.05, 0.1) is 0 Å². The lowest BCUT2D eigenvalue weighted by molar-refractivity contribution is 0.414. The molecule has 1 rings (SSSR count). The van der Waals surface area contributed by atoms with Crippen LogP contribution in [-0.2, 0) is 0 Å². The lowest BCUT2D eigenvalue weighted by Crippen LogP contribution is -1.61. The molecule has 38 valence electrons. The molecule has 0 unspecified atom stereocenters. The number of aromatic nitrogens is 1. The van der Waals surface area contributed by atoms with E-state index >= 15 is 0 Å². The highest BCUT2D eigenvalue weighted by Crippen LogP contribution is 2.08. The van der Waals surface area contributed by atoms with E-state index in [0.717, 1.165) is 6.26 Å². The zero-order valence-corrected chi connectivity index (χ0v) is 3.94. The second-order valence-electron chi connectivity index (χ2n) is 0.953. The van der Waals surface area contributed by atoms with Crippen LogP contribution in [-0.4, -0.2) is 5.16 Å². The Kier molecular flexibility index (Phi) is 0.982. The monoisotopic (exact) mass is 121 g/mol. The van der Waals surface area contributed by atoms with Gasteiger partial charge in [0.15, 0.2) is 6.26 Å². The average Bonchev–Trinajstić information content (AvgIpc) is 1.91. The average molecular weight is 121 g/mol. The van der Waals surface area contributed by atoms with Gasteiger partial charge in [-0.3, -0.25) is 0 Å². The van der Waals surface area contributed by atoms with Crippen molar-refractivity contribution in [1.29, 1.82) is 0 Å². The van der Waals surface area contributed by atoms with Crippen LogP contribution in [0.4, 0.5) is 4.39 Å². The Balaban J connectivity index is 3.12. The van der Waals surface area contributed by atoms with E-state index in [9.17, 15) is 4.39 Å². The summed E-state index contributed by atoms with van der Waals surface area (Å²) >= 11 is 5.04. The van der Waals surface area contributed by atoms with Crippen molar-refractivity contribution in [1.82, 2.24) is 5.16 Å². The lowest BCUT2D eigenvalue weighted by atomic mass is 10.7. The highest BCUT2D eigenvalue weighted by molar-refractivity contribution is 6.29. The lowest BCUT2D eigenvalue weighted by Gasteiger charge is -1.66. The predicted molar refractivity (Wildman–Crippen MR) is 21.5 cm³/mol. The molecule has 0 saturated carbocycles. The van der Waals surface area contributed by atoms with E-state index in [0.29, 0.717) is 0 Å². The van der Waals surface area contributed by atoms with Gasteiger partial charge in [0.2, 0.25) is 11.0 Å². The van der Waals surface area contributed by atoms with Crippen LogP contribution in [0.15, 0.2) is 10.8 Å². The fourth-order valence-electron chi connectivity index (χ4n) is 0.211. The van der Waals surface area contributed by atoms with Crippen LogP contribution >= 0.6 is 11.6 Å². The molecule has 0 atom stereocenters. The summed E-state index contributed by atoms with van der Waals surface area (Å²) in [7, 11) is 0. The van der Waals surface area contributed by atoms with Gasteiger partial charge in [-0.05, 0) is 0 Å². The first kappa shape index (κ1) is 4.59. The van der Waals surface area contributed by atoms with Crippen molar-refractivity contribution >= 4 is 11.6 Å². The molecule has 1 heterocycles. The largest absolute Gasteiger partial charge is 0.360 e. The molecule has 0 saturated heterocycles. The molecule has 0 radical (unpaired) electrons. The summed E-state index contributed by atoms with van der Waals surface area (Å²) in [5, 5.41) is 2.81. The third-order valence-corrected chi connectivity index (χ3v) is 0.736. The fraction of sp³-hybridized carbons (Fsp3) is 0. The second kappa shape index (κ2) is 1.50. The van der Waals surface area contributed by atoms with E-state index in [1.165, 1.54) is 0 Å². The molecular weight excluding hydrogens is 120 g/mol. The number of nitrogens with zero attached hydrogens (tertiary/aromatic N) is 1. The SMILES string of the molecule is Fc1conc1Cl. The first-order valence-corrected chi connectivity index (χ1v) is 1.94. The Morgan fingerprint density at radius 3 is 2.71 bits per heavy atom. The number of halogens is 2. The molecule has 4 heteroatoms. The molecule has 0 amide bonds. The van der Waals surface area contributed by atoms with E-state index < -0.39 is 5.82 Å². The maximum atomic E-state index is 11.8. The highest BCUT2D eigenvalue weighted by atomic mass is 35.5. The van der Waals surface area contributed by atoms with Gasteiger partial charge >= 0.3 is 0 Å². The van der Waals surface area contributed by atoms with Crippen LogP contribution in [0.25, 0.3) is 0 Å². The Morgan fingerprint density at radius 1 is 1.86 bits per heavy atom. The molecular formula is C3HClFNO. The molecule has 0 spiro atoms. The van der Waals surface area contributed by atoms with Crippen molar-refractivity contribution in [3.8, 4) is 0 Å². The third kappa shape index (κ3) is 0.718. The Hall–Kier alpha value is -0.570. The molecule has 2 nitrogen and oxygen atoms in total. The van der Waals surface area contributed by atoms with Gasteiger partial charge in [0.25, 0.3) is 0 Å². The third-order valence-electron chi connectivity index (χ3n) is 0.486. The van der Waals surface area contributed by atoms with Gasteiger partial charge < -0.3 is 4.52 Å².